The molecular weight excluding hydrogens is 490 g/mol. The van der Waals surface area contributed by atoms with E-state index in [1.807, 2.05) is 37.3 Å². The van der Waals surface area contributed by atoms with Crippen molar-refractivity contribution in [3.8, 4) is 16.9 Å². The number of furan rings is 1. The summed E-state index contributed by atoms with van der Waals surface area (Å²) in [6, 6.07) is 38.1. The number of allylic oxidation sites excluding steroid dienone is 1. The van der Waals surface area contributed by atoms with Crippen LogP contribution in [0.3, 0.4) is 0 Å². The van der Waals surface area contributed by atoms with Crippen molar-refractivity contribution in [1.29, 1.82) is 0 Å². The summed E-state index contributed by atoms with van der Waals surface area (Å²) in [7, 11) is 0. The van der Waals surface area contributed by atoms with Gasteiger partial charge in [0.15, 0.2) is 0 Å². The summed E-state index contributed by atoms with van der Waals surface area (Å²) in [4.78, 5) is 5.02. The standard InChI is InChI=1S/C36H25N3O/c1-2-8-22-15-16-23-17-18-30(38-36(23)35(22)37)24-9-7-10-25(19-24)39-31-13-5-3-11-26(31)28-21-34-29(20-32(28)39)27-12-4-6-14-33(27)40-34/h2-21H,37H2,1H3/b8-2-. The van der Waals surface area contributed by atoms with Gasteiger partial charge >= 0.3 is 0 Å². The molecule has 0 radical (unpaired) electrons. The number of aromatic nitrogens is 2. The number of hydrogen-bond donors (Lipinski definition) is 1. The van der Waals surface area contributed by atoms with E-state index in [2.05, 4.69) is 95.6 Å². The van der Waals surface area contributed by atoms with Gasteiger partial charge in [0.05, 0.1) is 27.9 Å². The molecule has 4 heteroatoms. The number of nitrogens with two attached hydrogens (primary N) is 1. The minimum atomic E-state index is 0.701. The first kappa shape index (κ1) is 22.6. The van der Waals surface area contributed by atoms with Crippen LogP contribution in [0.15, 0.2) is 120 Å². The zero-order valence-corrected chi connectivity index (χ0v) is 21.9. The maximum Gasteiger partial charge on any atom is 0.136 e. The fourth-order valence-electron chi connectivity index (χ4n) is 5.98. The van der Waals surface area contributed by atoms with E-state index in [1.165, 1.54) is 10.8 Å². The highest BCUT2D eigenvalue weighted by molar-refractivity contribution is 6.17. The minimum absolute atomic E-state index is 0.701. The van der Waals surface area contributed by atoms with Crippen LogP contribution in [0.5, 0.6) is 0 Å². The van der Waals surface area contributed by atoms with E-state index in [0.29, 0.717) is 5.69 Å². The van der Waals surface area contributed by atoms with Crippen LogP contribution in [-0.4, -0.2) is 9.55 Å². The van der Waals surface area contributed by atoms with Crippen LogP contribution in [0, 0.1) is 0 Å². The molecule has 8 aromatic rings. The summed E-state index contributed by atoms with van der Waals surface area (Å²) < 4.78 is 8.58. The summed E-state index contributed by atoms with van der Waals surface area (Å²) in [5.41, 5.74) is 16.2. The molecule has 8 rings (SSSR count). The predicted molar refractivity (Wildman–Crippen MR) is 168 cm³/mol. The molecule has 0 saturated carbocycles. The average Bonchev–Trinajstić information content (AvgIpc) is 3.52. The fourth-order valence-corrected chi connectivity index (χ4v) is 5.98. The molecule has 2 N–H and O–H groups in total. The number of pyridine rings is 1. The fraction of sp³-hybridized carbons (Fsp3) is 0.0278. The molecule has 0 atom stereocenters. The molecule has 5 aromatic carbocycles. The molecule has 3 aromatic heterocycles. The molecule has 4 nitrogen and oxygen atoms in total. The Balaban J connectivity index is 1.36. The highest BCUT2D eigenvalue weighted by atomic mass is 16.3. The number of fused-ring (bicyclic) bond motifs is 7. The van der Waals surface area contributed by atoms with Crippen molar-refractivity contribution in [2.24, 2.45) is 0 Å². The predicted octanol–water partition coefficient (Wildman–Crippen LogP) is 9.51. The molecule has 0 saturated heterocycles. The molecule has 40 heavy (non-hydrogen) atoms. The number of benzene rings is 5. The first-order chi connectivity index (χ1) is 19.7. The van der Waals surface area contributed by atoms with E-state index < -0.39 is 0 Å². The Bertz CT molecular complexity index is 2300. The second kappa shape index (κ2) is 8.58. The van der Waals surface area contributed by atoms with Crippen molar-refractivity contribution in [3.63, 3.8) is 0 Å². The van der Waals surface area contributed by atoms with Crippen LogP contribution < -0.4 is 5.73 Å². The molecular formula is C36H25N3O. The van der Waals surface area contributed by atoms with Crippen molar-refractivity contribution in [1.82, 2.24) is 9.55 Å². The third kappa shape index (κ3) is 3.29. The molecule has 0 fully saturated rings. The maximum atomic E-state index is 6.53. The van der Waals surface area contributed by atoms with E-state index in [-0.39, 0.29) is 0 Å². The van der Waals surface area contributed by atoms with Crippen molar-refractivity contribution in [3.05, 3.63) is 121 Å². The Morgan fingerprint density at radius 2 is 1.52 bits per heavy atom. The summed E-state index contributed by atoms with van der Waals surface area (Å²) in [5, 5.41) is 5.63. The minimum Gasteiger partial charge on any atom is -0.456 e. The highest BCUT2D eigenvalue weighted by Crippen LogP contribution is 2.38. The number of nitrogens with zero attached hydrogens (tertiary/aromatic N) is 2. The average molecular weight is 516 g/mol. The zero-order valence-electron chi connectivity index (χ0n) is 21.9. The van der Waals surface area contributed by atoms with Crippen molar-refractivity contribution >= 4 is 66.4 Å². The van der Waals surface area contributed by atoms with Gasteiger partial charge < -0.3 is 14.7 Å². The number of hydrogen-bond acceptors (Lipinski definition) is 3. The van der Waals surface area contributed by atoms with Gasteiger partial charge in [-0.2, -0.15) is 0 Å². The lowest BCUT2D eigenvalue weighted by atomic mass is 10.1. The van der Waals surface area contributed by atoms with Crippen molar-refractivity contribution < 1.29 is 4.42 Å². The van der Waals surface area contributed by atoms with Gasteiger partial charge in [-0.1, -0.05) is 78.9 Å². The van der Waals surface area contributed by atoms with Crippen LogP contribution in [0.25, 0.3) is 77.7 Å². The summed E-state index contributed by atoms with van der Waals surface area (Å²) in [6.07, 6.45) is 4.02. The molecule has 3 heterocycles. The van der Waals surface area contributed by atoms with Crippen LogP contribution >= 0.6 is 0 Å². The van der Waals surface area contributed by atoms with Crippen LogP contribution in [-0.2, 0) is 0 Å². The van der Waals surface area contributed by atoms with Crippen LogP contribution in [0.2, 0.25) is 0 Å². The number of anilines is 1. The number of para-hydroxylation sites is 2. The smallest absolute Gasteiger partial charge is 0.136 e. The molecule has 0 unspecified atom stereocenters. The maximum absolute atomic E-state index is 6.53. The van der Waals surface area contributed by atoms with E-state index in [1.54, 1.807) is 0 Å². The Hall–Kier alpha value is -5.35. The summed E-state index contributed by atoms with van der Waals surface area (Å²) in [6.45, 7) is 1.99. The summed E-state index contributed by atoms with van der Waals surface area (Å²) in [5.74, 6) is 0. The van der Waals surface area contributed by atoms with Gasteiger partial charge in [0.2, 0.25) is 0 Å². The topological polar surface area (TPSA) is 57.0 Å². The third-order valence-electron chi connectivity index (χ3n) is 7.85. The first-order valence-electron chi connectivity index (χ1n) is 13.5. The molecule has 0 aliphatic rings. The highest BCUT2D eigenvalue weighted by Gasteiger charge is 2.17. The van der Waals surface area contributed by atoms with Gasteiger partial charge in [-0.05, 0) is 55.0 Å². The largest absolute Gasteiger partial charge is 0.456 e. The Morgan fingerprint density at radius 3 is 2.42 bits per heavy atom. The molecule has 0 spiro atoms. The number of rotatable bonds is 3. The molecule has 0 bridgehead atoms. The van der Waals surface area contributed by atoms with Gasteiger partial charge in [0.1, 0.15) is 11.2 Å². The van der Waals surface area contributed by atoms with Gasteiger partial charge in [0, 0.05) is 38.2 Å². The van der Waals surface area contributed by atoms with Gasteiger partial charge in [0.25, 0.3) is 0 Å². The van der Waals surface area contributed by atoms with E-state index in [4.69, 9.17) is 15.1 Å². The normalized spacial score (nSPS) is 12.1. The van der Waals surface area contributed by atoms with Gasteiger partial charge in [-0.3, -0.25) is 0 Å². The monoisotopic (exact) mass is 515 g/mol. The molecule has 190 valence electrons. The van der Waals surface area contributed by atoms with Crippen molar-refractivity contribution in [2.45, 2.75) is 6.92 Å². The molecule has 0 aliphatic heterocycles. The van der Waals surface area contributed by atoms with E-state index >= 15 is 0 Å². The zero-order chi connectivity index (χ0) is 26.8. The summed E-state index contributed by atoms with van der Waals surface area (Å²) >= 11 is 0. The molecule has 0 amide bonds. The van der Waals surface area contributed by atoms with Crippen molar-refractivity contribution in [2.75, 3.05) is 5.73 Å². The quantitative estimate of drug-likeness (QED) is 0.238. The SMILES string of the molecule is C/C=C\c1ccc2ccc(-c3cccc(-n4c5ccccc5c5cc6oc7ccccc7c6cc54)c3)nc2c1N. The first-order valence-corrected chi connectivity index (χ1v) is 13.5. The molecule has 0 aliphatic carbocycles. The second-order valence-corrected chi connectivity index (χ2v) is 10.2. The third-order valence-corrected chi connectivity index (χ3v) is 7.85. The van der Waals surface area contributed by atoms with Gasteiger partial charge in [-0.15, -0.1) is 0 Å². The van der Waals surface area contributed by atoms with Gasteiger partial charge in [-0.25, -0.2) is 4.98 Å². The number of nitrogen functional groups attached to an aromatic ring is 1. The second-order valence-electron chi connectivity index (χ2n) is 10.2. The Morgan fingerprint density at radius 1 is 0.700 bits per heavy atom. The van der Waals surface area contributed by atoms with E-state index in [9.17, 15) is 0 Å². The lowest BCUT2D eigenvalue weighted by molar-refractivity contribution is 0.669. The lowest BCUT2D eigenvalue weighted by Crippen LogP contribution is -1.96. The lowest BCUT2D eigenvalue weighted by Gasteiger charge is -2.11. The Labute approximate surface area is 230 Å². The Kier molecular flexibility index (Phi) is 4.85. The van der Waals surface area contributed by atoms with Crippen LogP contribution in [0.4, 0.5) is 5.69 Å². The van der Waals surface area contributed by atoms with E-state index in [0.717, 1.165) is 66.4 Å². The van der Waals surface area contributed by atoms with Crippen LogP contribution in [0.1, 0.15) is 12.5 Å².